The molecule has 0 atom stereocenters. The van der Waals surface area contributed by atoms with Crippen LogP contribution in [0.15, 0.2) is 34.5 Å². The Morgan fingerprint density at radius 3 is 2.71 bits per heavy atom. The normalized spacial score (nSPS) is 14.2. The number of nitrogens with zero attached hydrogens (tertiary/aromatic N) is 1. The van der Waals surface area contributed by atoms with Crippen molar-refractivity contribution in [2.45, 2.75) is 17.7 Å². The van der Waals surface area contributed by atoms with Gasteiger partial charge in [0.05, 0.1) is 19.9 Å². The van der Waals surface area contributed by atoms with Crippen LogP contribution in [-0.4, -0.2) is 35.2 Å². The van der Waals surface area contributed by atoms with E-state index < -0.39 is 16.0 Å². The van der Waals surface area contributed by atoms with Gasteiger partial charge in [-0.1, -0.05) is 18.2 Å². The third-order valence-electron chi connectivity index (χ3n) is 3.92. The van der Waals surface area contributed by atoms with Crippen LogP contribution in [0, 0.1) is 0 Å². The molecule has 1 aliphatic heterocycles. The van der Waals surface area contributed by atoms with Crippen LogP contribution >= 0.6 is 11.3 Å². The van der Waals surface area contributed by atoms with Crippen LogP contribution < -0.4 is 9.04 Å². The van der Waals surface area contributed by atoms with Crippen LogP contribution in [0.1, 0.15) is 21.7 Å². The van der Waals surface area contributed by atoms with E-state index in [-0.39, 0.29) is 15.5 Å². The van der Waals surface area contributed by atoms with Crippen LogP contribution in [0.4, 0.5) is 5.69 Å². The molecule has 1 aromatic carbocycles. The minimum Gasteiger partial charge on any atom is -0.494 e. The van der Waals surface area contributed by atoms with E-state index in [9.17, 15) is 13.2 Å². The van der Waals surface area contributed by atoms with E-state index >= 15 is 0 Å². The molecule has 128 valence electrons. The molecule has 3 rings (SSSR count). The van der Waals surface area contributed by atoms with Gasteiger partial charge >= 0.3 is 5.97 Å². The molecule has 0 amide bonds. The first-order valence-electron chi connectivity index (χ1n) is 7.35. The lowest BCUT2D eigenvalue weighted by Gasteiger charge is -2.30. The summed E-state index contributed by atoms with van der Waals surface area (Å²) in [6.07, 6.45) is 1.59. The Balaban J connectivity index is 2.10. The van der Waals surface area contributed by atoms with Crippen LogP contribution in [0.3, 0.4) is 0 Å². The van der Waals surface area contributed by atoms with E-state index in [4.69, 9.17) is 4.74 Å². The summed E-state index contributed by atoms with van der Waals surface area (Å²) in [5, 5.41) is 1.43. The van der Waals surface area contributed by atoms with E-state index in [1.807, 2.05) is 18.2 Å². The Hall–Kier alpha value is -2.06. The molecule has 0 radical (unpaired) electrons. The molecule has 0 bridgehead atoms. The molecule has 0 N–H and O–H groups in total. The first kappa shape index (κ1) is 16.8. The maximum absolute atomic E-state index is 13.2. The van der Waals surface area contributed by atoms with E-state index in [1.54, 1.807) is 6.07 Å². The standard InChI is InChI=1S/C16H17NO5S2/c1-21-14-13(10-23-15(14)16(18)22-2)24(19,20)17-9-5-7-11-6-3-4-8-12(11)17/h3-4,6,8,10H,5,7,9H2,1-2H3. The zero-order chi connectivity index (χ0) is 17.3. The second kappa shape index (κ2) is 6.45. The number of thiophene rings is 1. The number of carbonyl (C=O) groups excluding carboxylic acids is 1. The van der Waals surface area contributed by atoms with Crippen LogP contribution in [0.5, 0.6) is 5.75 Å². The highest BCUT2D eigenvalue weighted by Crippen LogP contribution is 2.39. The van der Waals surface area contributed by atoms with Crippen molar-refractivity contribution in [3.8, 4) is 5.75 Å². The van der Waals surface area contributed by atoms with Crippen molar-refractivity contribution >= 4 is 33.0 Å². The summed E-state index contributed by atoms with van der Waals surface area (Å²) in [5.74, 6) is -0.577. The number of fused-ring (bicyclic) bond motifs is 1. The van der Waals surface area contributed by atoms with Gasteiger partial charge in [-0.2, -0.15) is 0 Å². The molecule has 0 saturated carbocycles. The minimum absolute atomic E-state index is 0.00731. The van der Waals surface area contributed by atoms with Crippen molar-refractivity contribution in [3.63, 3.8) is 0 Å². The van der Waals surface area contributed by atoms with Crippen LogP contribution in [-0.2, 0) is 21.2 Å². The van der Waals surface area contributed by atoms with Crippen LogP contribution in [0.2, 0.25) is 0 Å². The number of methoxy groups -OCH3 is 2. The zero-order valence-electron chi connectivity index (χ0n) is 13.3. The number of benzene rings is 1. The number of anilines is 1. The predicted octanol–water partition coefficient (Wildman–Crippen LogP) is 2.68. The molecule has 0 saturated heterocycles. The average Bonchev–Trinajstić information content (AvgIpc) is 3.05. The summed E-state index contributed by atoms with van der Waals surface area (Å²) in [5.41, 5.74) is 1.67. The zero-order valence-corrected chi connectivity index (χ0v) is 14.9. The highest BCUT2D eigenvalue weighted by Gasteiger charge is 2.34. The fourth-order valence-electron chi connectivity index (χ4n) is 2.80. The number of esters is 1. The van der Waals surface area contributed by atoms with Gasteiger partial charge in [0, 0.05) is 11.9 Å². The highest BCUT2D eigenvalue weighted by molar-refractivity contribution is 7.93. The molecule has 6 nitrogen and oxygen atoms in total. The third-order valence-corrected chi connectivity index (χ3v) is 6.83. The van der Waals surface area contributed by atoms with E-state index in [0.29, 0.717) is 12.2 Å². The van der Waals surface area contributed by atoms with Crippen LogP contribution in [0.25, 0.3) is 0 Å². The SMILES string of the molecule is COC(=O)c1scc(S(=O)(=O)N2CCCc3ccccc32)c1OC. The largest absolute Gasteiger partial charge is 0.494 e. The van der Waals surface area contributed by atoms with Gasteiger partial charge in [0.25, 0.3) is 10.0 Å². The lowest BCUT2D eigenvalue weighted by Crippen LogP contribution is -2.35. The summed E-state index contributed by atoms with van der Waals surface area (Å²) in [7, 11) is -1.24. The molecule has 0 aliphatic carbocycles. The molecule has 2 aromatic rings. The van der Waals surface area contributed by atoms with Gasteiger partial charge in [0.15, 0.2) is 10.6 Å². The second-order valence-corrected chi connectivity index (χ2v) is 7.97. The lowest BCUT2D eigenvalue weighted by atomic mass is 10.0. The molecule has 2 heterocycles. The van der Waals surface area contributed by atoms with Gasteiger partial charge in [0.2, 0.25) is 0 Å². The Bertz CT molecular complexity index is 872. The minimum atomic E-state index is -3.83. The Morgan fingerprint density at radius 2 is 2.00 bits per heavy atom. The molecule has 0 fully saturated rings. The Morgan fingerprint density at radius 1 is 1.25 bits per heavy atom. The van der Waals surface area contributed by atoms with Crippen molar-refractivity contribution in [3.05, 3.63) is 40.1 Å². The Labute approximate surface area is 144 Å². The van der Waals surface area contributed by atoms with E-state index in [1.165, 1.54) is 23.9 Å². The van der Waals surface area contributed by atoms with Gasteiger partial charge in [0.1, 0.15) is 4.90 Å². The molecule has 0 spiro atoms. The summed E-state index contributed by atoms with van der Waals surface area (Å²) in [4.78, 5) is 11.9. The number of para-hydroxylation sites is 1. The smallest absolute Gasteiger partial charge is 0.351 e. The van der Waals surface area contributed by atoms with E-state index in [2.05, 4.69) is 4.74 Å². The predicted molar refractivity (Wildman–Crippen MR) is 91.5 cm³/mol. The second-order valence-electron chi connectivity index (χ2n) is 5.26. The molecular weight excluding hydrogens is 350 g/mol. The number of rotatable bonds is 4. The van der Waals surface area contributed by atoms with Crippen molar-refractivity contribution in [2.24, 2.45) is 0 Å². The number of carbonyl (C=O) groups is 1. The third kappa shape index (κ3) is 2.65. The molecule has 24 heavy (non-hydrogen) atoms. The summed E-state index contributed by atoms with van der Waals surface area (Å²) >= 11 is 1.00. The molecule has 8 heteroatoms. The maximum atomic E-state index is 13.2. The van der Waals surface area contributed by atoms with E-state index in [0.717, 1.165) is 29.7 Å². The average molecular weight is 367 g/mol. The van der Waals surface area contributed by atoms with Crippen molar-refractivity contribution in [1.29, 1.82) is 0 Å². The number of ether oxygens (including phenoxy) is 2. The first-order valence-corrected chi connectivity index (χ1v) is 9.67. The quantitative estimate of drug-likeness (QED) is 0.777. The Kier molecular flexibility index (Phi) is 4.51. The van der Waals surface area contributed by atoms with Gasteiger partial charge in [-0.25, -0.2) is 13.2 Å². The van der Waals surface area contributed by atoms with Crippen molar-refractivity contribution in [2.75, 3.05) is 25.1 Å². The highest BCUT2D eigenvalue weighted by atomic mass is 32.2. The molecule has 0 unspecified atom stereocenters. The summed E-state index contributed by atoms with van der Waals surface area (Å²) in [6.45, 7) is 0.395. The van der Waals surface area contributed by atoms with Gasteiger partial charge in [-0.05, 0) is 24.5 Å². The number of hydrogen-bond acceptors (Lipinski definition) is 6. The van der Waals surface area contributed by atoms with Crippen molar-refractivity contribution in [1.82, 2.24) is 0 Å². The molecular formula is C16H17NO5S2. The summed E-state index contributed by atoms with van der Waals surface area (Å²) < 4.78 is 37.6. The molecule has 1 aromatic heterocycles. The fourth-order valence-corrected chi connectivity index (χ4v) is 5.77. The van der Waals surface area contributed by atoms with Crippen molar-refractivity contribution < 1.29 is 22.7 Å². The van der Waals surface area contributed by atoms with Gasteiger partial charge in [-0.3, -0.25) is 4.31 Å². The maximum Gasteiger partial charge on any atom is 0.351 e. The lowest BCUT2D eigenvalue weighted by molar-refractivity contribution is 0.0602. The number of sulfonamides is 1. The first-order chi connectivity index (χ1) is 11.5. The number of hydrogen-bond donors (Lipinski definition) is 0. The monoisotopic (exact) mass is 367 g/mol. The van der Waals surface area contributed by atoms with Gasteiger partial charge in [-0.15, -0.1) is 11.3 Å². The molecule has 1 aliphatic rings. The van der Waals surface area contributed by atoms with Gasteiger partial charge < -0.3 is 9.47 Å². The summed E-state index contributed by atoms with van der Waals surface area (Å²) in [6, 6.07) is 7.45. The topological polar surface area (TPSA) is 72.9 Å². The number of aryl methyl sites for hydroxylation is 1. The fraction of sp³-hybridized carbons (Fsp3) is 0.312.